The summed E-state index contributed by atoms with van der Waals surface area (Å²) in [5.41, 5.74) is 0. The van der Waals surface area contributed by atoms with Crippen LogP contribution < -0.4 is 0 Å². The molecule has 29 heavy (non-hydrogen) atoms. The zero-order valence-corrected chi connectivity index (χ0v) is 18.9. The van der Waals surface area contributed by atoms with Gasteiger partial charge in [-0.3, -0.25) is 0 Å². The van der Waals surface area contributed by atoms with E-state index < -0.39 is 11.8 Å². The van der Waals surface area contributed by atoms with Crippen LogP contribution in [0.2, 0.25) is 0 Å². The summed E-state index contributed by atoms with van der Waals surface area (Å²) in [5, 5.41) is 19.3. The van der Waals surface area contributed by atoms with Crippen LogP contribution >= 0.6 is 9.47 Å². The van der Waals surface area contributed by atoms with Gasteiger partial charge in [0.1, 0.15) is 0 Å². The molecule has 0 aromatic carbocycles. The average molecular weight is 431 g/mol. The van der Waals surface area contributed by atoms with E-state index in [1.54, 1.807) is 6.08 Å². The van der Waals surface area contributed by atoms with Gasteiger partial charge in [-0.05, 0) is 43.9 Å². The maximum absolute atomic E-state index is 10.6. The molecule has 1 heterocycles. The summed E-state index contributed by atoms with van der Waals surface area (Å²) in [7, 11) is 2.37. The molecule has 1 saturated heterocycles. The minimum atomic E-state index is -0.902. The first-order chi connectivity index (χ1) is 14.0. The highest BCUT2D eigenvalue weighted by Gasteiger charge is 2.44. The number of hydrogen-bond donors (Lipinski definition) is 2. The smallest absolute Gasteiger partial charge is 0.327 e. The van der Waals surface area contributed by atoms with Crippen molar-refractivity contribution in [1.29, 1.82) is 0 Å². The van der Waals surface area contributed by atoms with Gasteiger partial charge in [0.15, 0.2) is 5.79 Å². The zero-order chi connectivity index (χ0) is 21.1. The van der Waals surface area contributed by atoms with Gasteiger partial charge in [-0.25, -0.2) is 4.79 Å². The molecule has 168 valence electrons. The van der Waals surface area contributed by atoms with E-state index in [0.29, 0.717) is 19.6 Å². The number of aliphatic hydroxyl groups is 1. The van der Waals surface area contributed by atoms with Gasteiger partial charge in [0, 0.05) is 34.8 Å². The van der Waals surface area contributed by atoms with Crippen LogP contribution in [0.25, 0.3) is 0 Å². The van der Waals surface area contributed by atoms with Crippen LogP contribution in [-0.2, 0) is 18.8 Å². The number of rotatable bonds is 14. The number of carbonyl (C=O) groups is 1. The van der Waals surface area contributed by atoms with E-state index in [1.807, 2.05) is 0 Å². The van der Waals surface area contributed by atoms with Crippen molar-refractivity contribution in [2.75, 3.05) is 13.2 Å². The first-order valence-electron chi connectivity index (χ1n) is 11.2. The molecule has 1 saturated carbocycles. The van der Waals surface area contributed by atoms with Crippen LogP contribution in [0.5, 0.6) is 0 Å². The Morgan fingerprint density at radius 1 is 1.14 bits per heavy atom. The van der Waals surface area contributed by atoms with E-state index in [-0.39, 0.29) is 24.0 Å². The van der Waals surface area contributed by atoms with E-state index in [1.165, 1.54) is 18.9 Å². The standard InChI is InChI=1S/C22H39O6P/c1-2-3-8-12-22(26-14-15-27-22)13-11-18-17(19(23)16-20(18)28-29)9-6-4-5-7-10-21(24)25/h7,10,17-20,23H,2-6,8-9,11-16,29H2,1H3,(H,24,25)/b10-7+. The van der Waals surface area contributed by atoms with Gasteiger partial charge < -0.3 is 24.2 Å². The second-order valence-electron chi connectivity index (χ2n) is 8.43. The predicted molar refractivity (Wildman–Crippen MR) is 115 cm³/mol. The van der Waals surface area contributed by atoms with Crippen molar-refractivity contribution in [3.05, 3.63) is 12.2 Å². The van der Waals surface area contributed by atoms with Gasteiger partial charge in [0.25, 0.3) is 0 Å². The molecule has 5 atom stereocenters. The zero-order valence-electron chi connectivity index (χ0n) is 17.8. The molecule has 0 aromatic heterocycles. The van der Waals surface area contributed by atoms with Crippen LogP contribution in [-0.4, -0.2) is 47.4 Å². The fourth-order valence-corrected chi connectivity index (χ4v) is 5.19. The van der Waals surface area contributed by atoms with Crippen molar-refractivity contribution in [3.63, 3.8) is 0 Å². The lowest BCUT2D eigenvalue weighted by molar-refractivity contribution is -0.171. The summed E-state index contributed by atoms with van der Waals surface area (Å²) in [6, 6.07) is 0. The van der Waals surface area contributed by atoms with Gasteiger partial charge in [-0.1, -0.05) is 32.3 Å². The highest BCUT2D eigenvalue weighted by Crippen LogP contribution is 2.43. The maximum Gasteiger partial charge on any atom is 0.327 e. The summed E-state index contributed by atoms with van der Waals surface area (Å²) in [4.78, 5) is 10.5. The number of aliphatic hydroxyl groups excluding tert-OH is 1. The Labute approximate surface area is 177 Å². The van der Waals surface area contributed by atoms with Crippen LogP contribution in [0, 0.1) is 11.8 Å². The lowest BCUT2D eigenvalue weighted by atomic mass is 9.84. The molecule has 2 rings (SSSR count). The first-order valence-corrected chi connectivity index (χ1v) is 11.7. The van der Waals surface area contributed by atoms with Crippen LogP contribution in [0.3, 0.4) is 0 Å². The van der Waals surface area contributed by atoms with Crippen molar-refractivity contribution in [1.82, 2.24) is 0 Å². The van der Waals surface area contributed by atoms with Crippen molar-refractivity contribution in [3.8, 4) is 0 Å². The number of aliphatic carboxylic acids is 1. The highest BCUT2D eigenvalue weighted by molar-refractivity contribution is 7.09. The quantitative estimate of drug-likeness (QED) is 0.240. The normalized spacial score (nSPS) is 29.1. The van der Waals surface area contributed by atoms with Gasteiger partial charge >= 0.3 is 5.97 Å². The van der Waals surface area contributed by atoms with Gasteiger partial charge in [0.2, 0.25) is 0 Å². The fraction of sp³-hybridized carbons (Fsp3) is 0.864. The third-order valence-corrected chi connectivity index (χ3v) is 6.77. The predicted octanol–water partition coefficient (Wildman–Crippen LogP) is 4.46. The summed E-state index contributed by atoms with van der Waals surface area (Å²) in [6.07, 6.45) is 13.0. The molecular formula is C22H39O6P. The second-order valence-corrected chi connectivity index (χ2v) is 8.71. The SMILES string of the molecule is CCCCCC1(CCC2C(OP)CC(O)C2CCCC/C=C/C(=O)O)OCCO1. The molecule has 2 fully saturated rings. The summed E-state index contributed by atoms with van der Waals surface area (Å²) < 4.78 is 17.7. The molecule has 0 spiro atoms. The van der Waals surface area contributed by atoms with Crippen molar-refractivity contribution in [2.45, 2.75) is 95.5 Å². The largest absolute Gasteiger partial charge is 0.478 e. The molecule has 6 nitrogen and oxygen atoms in total. The van der Waals surface area contributed by atoms with Gasteiger partial charge in [-0.2, -0.15) is 0 Å². The number of allylic oxidation sites excluding steroid dienone is 1. The number of carboxylic acids is 1. The number of hydrogen-bond acceptors (Lipinski definition) is 5. The molecule has 2 aliphatic rings. The topological polar surface area (TPSA) is 85.2 Å². The van der Waals surface area contributed by atoms with Gasteiger partial charge in [0.05, 0.1) is 25.4 Å². The summed E-state index contributed by atoms with van der Waals surface area (Å²) in [6.45, 7) is 3.53. The number of carboxylic acid groups (broad SMARTS) is 1. The Hall–Kier alpha value is -0.520. The summed E-state index contributed by atoms with van der Waals surface area (Å²) >= 11 is 0. The lowest BCUT2D eigenvalue weighted by Gasteiger charge is -2.31. The molecule has 1 aliphatic heterocycles. The van der Waals surface area contributed by atoms with E-state index in [9.17, 15) is 9.90 Å². The molecule has 0 aromatic rings. The molecule has 5 unspecified atom stereocenters. The second kappa shape index (κ2) is 13.0. The summed E-state index contributed by atoms with van der Waals surface area (Å²) in [5.74, 6) is -0.868. The maximum atomic E-state index is 10.6. The van der Waals surface area contributed by atoms with Crippen molar-refractivity contribution < 1.29 is 29.0 Å². The van der Waals surface area contributed by atoms with Crippen LogP contribution in [0.4, 0.5) is 0 Å². The molecular weight excluding hydrogens is 391 g/mol. The Kier molecular flexibility index (Phi) is 11.1. The van der Waals surface area contributed by atoms with E-state index in [4.69, 9.17) is 19.1 Å². The number of unbranched alkanes of at least 4 members (excludes halogenated alkanes) is 4. The van der Waals surface area contributed by atoms with Crippen LogP contribution in [0.1, 0.15) is 77.6 Å². The monoisotopic (exact) mass is 430 g/mol. The molecule has 7 heteroatoms. The van der Waals surface area contributed by atoms with E-state index in [0.717, 1.165) is 51.4 Å². The molecule has 1 aliphatic carbocycles. The molecule has 0 radical (unpaired) electrons. The highest BCUT2D eigenvalue weighted by atomic mass is 31.0. The fourth-order valence-electron chi connectivity index (χ4n) is 4.88. The lowest BCUT2D eigenvalue weighted by Crippen LogP contribution is -2.33. The Morgan fingerprint density at radius 3 is 2.55 bits per heavy atom. The molecule has 0 amide bonds. The first kappa shape index (κ1) is 24.7. The Bertz CT molecular complexity index is 506. The Morgan fingerprint density at radius 2 is 1.90 bits per heavy atom. The van der Waals surface area contributed by atoms with Crippen molar-refractivity contribution in [2.24, 2.45) is 11.8 Å². The molecule has 2 N–H and O–H groups in total. The van der Waals surface area contributed by atoms with E-state index >= 15 is 0 Å². The average Bonchev–Trinajstić information content (AvgIpc) is 3.28. The number of ether oxygens (including phenoxy) is 2. The Balaban J connectivity index is 1.87. The minimum Gasteiger partial charge on any atom is -0.478 e. The van der Waals surface area contributed by atoms with Gasteiger partial charge in [-0.15, -0.1) is 0 Å². The third-order valence-electron chi connectivity index (χ3n) is 6.42. The third kappa shape index (κ3) is 7.91. The van der Waals surface area contributed by atoms with E-state index in [2.05, 4.69) is 16.4 Å². The van der Waals surface area contributed by atoms with Crippen molar-refractivity contribution >= 4 is 15.4 Å². The minimum absolute atomic E-state index is 0.0426. The van der Waals surface area contributed by atoms with Crippen LogP contribution in [0.15, 0.2) is 12.2 Å². The molecule has 0 bridgehead atoms.